The van der Waals surface area contributed by atoms with Crippen molar-refractivity contribution in [3.05, 3.63) is 35.4 Å². The Morgan fingerprint density at radius 2 is 1.88 bits per heavy atom. The van der Waals surface area contributed by atoms with Crippen LogP contribution >= 0.6 is 0 Å². The van der Waals surface area contributed by atoms with Crippen LogP contribution in [0.1, 0.15) is 49.4 Å². The maximum absolute atomic E-state index is 13.2. The molecule has 1 fully saturated rings. The summed E-state index contributed by atoms with van der Waals surface area (Å²) < 4.78 is 31.4. The van der Waals surface area contributed by atoms with Gasteiger partial charge in [-0.3, -0.25) is 9.59 Å². The van der Waals surface area contributed by atoms with Crippen molar-refractivity contribution < 1.29 is 23.1 Å². The first-order chi connectivity index (χ1) is 11.5. The minimum Gasteiger partial charge on any atom is -0.465 e. The van der Waals surface area contributed by atoms with E-state index in [2.05, 4.69) is 6.92 Å². The fourth-order valence-electron chi connectivity index (χ4n) is 2.77. The summed E-state index contributed by atoms with van der Waals surface area (Å²) in [6, 6.07) is 3.13. The summed E-state index contributed by atoms with van der Waals surface area (Å²) in [5, 5.41) is 0. The summed E-state index contributed by atoms with van der Waals surface area (Å²) in [6.07, 6.45) is 4.04. The highest BCUT2D eigenvalue weighted by Gasteiger charge is 2.29. The smallest absolute Gasteiger partial charge is 0.309 e. The van der Waals surface area contributed by atoms with Gasteiger partial charge in [-0.25, -0.2) is 8.78 Å². The Bertz CT molecular complexity index is 584. The first-order valence-corrected chi connectivity index (χ1v) is 8.44. The van der Waals surface area contributed by atoms with E-state index in [9.17, 15) is 18.4 Å². The van der Waals surface area contributed by atoms with E-state index in [1.54, 1.807) is 4.90 Å². The zero-order valence-corrected chi connectivity index (χ0v) is 13.9. The molecule has 2 rings (SSSR count). The Morgan fingerprint density at radius 3 is 2.50 bits per heavy atom. The first-order valence-electron chi connectivity index (χ1n) is 8.44. The molecule has 0 bridgehead atoms. The van der Waals surface area contributed by atoms with Crippen LogP contribution in [0.5, 0.6) is 0 Å². The molecule has 1 aromatic carbocycles. The number of likely N-dealkylation sites (tertiary alicyclic amines) is 1. The van der Waals surface area contributed by atoms with E-state index >= 15 is 0 Å². The Labute approximate surface area is 140 Å². The third-order valence-electron chi connectivity index (χ3n) is 4.27. The van der Waals surface area contributed by atoms with Gasteiger partial charge in [0.05, 0.1) is 12.5 Å². The van der Waals surface area contributed by atoms with Gasteiger partial charge in [-0.05, 0) is 37.5 Å². The lowest BCUT2D eigenvalue weighted by atomic mass is 9.96. The monoisotopic (exact) mass is 339 g/mol. The Morgan fingerprint density at radius 1 is 1.17 bits per heavy atom. The third-order valence-corrected chi connectivity index (χ3v) is 4.27. The maximum Gasteiger partial charge on any atom is 0.309 e. The number of hydrogen-bond donors (Lipinski definition) is 0. The van der Waals surface area contributed by atoms with Gasteiger partial charge >= 0.3 is 5.97 Å². The molecule has 4 nitrogen and oxygen atoms in total. The Hall–Kier alpha value is -1.98. The Balaban J connectivity index is 1.82. The molecule has 24 heavy (non-hydrogen) atoms. The van der Waals surface area contributed by atoms with Crippen LogP contribution in [0.25, 0.3) is 0 Å². The van der Waals surface area contributed by atoms with Gasteiger partial charge in [0, 0.05) is 18.7 Å². The van der Waals surface area contributed by atoms with Gasteiger partial charge in [0.1, 0.15) is 0 Å². The molecule has 6 heteroatoms. The van der Waals surface area contributed by atoms with Gasteiger partial charge in [-0.2, -0.15) is 0 Å². The molecule has 1 aliphatic rings. The molecular formula is C18H23F2NO3. The molecule has 1 saturated heterocycles. The lowest BCUT2D eigenvalue weighted by Gasteiger charge is -2.31. The first kappa shape index (κ1) is 18.4. The van der Waals surface area contributed by atoms with E-state index < -0.39 is 11.6 Å². The molecule has 0 atom stereocenters. The molecule has 1 aliphatic heterocycles. The van der Waals surface area contributed by atoms with Crippen molar-refractivity contribution in [2.45, 2.75) is 39.0 Å². The van der Waals surface area contributed by atoms with Gasteiger partial charge in [-0.15, -0.1) is 0 Å². The number of esters is 1. The standard InChI is InChI=1S/C18H23F2NO3/c1-2-3-4-11-24-18(23)13-7-9-21(10-8-13)17(22)14-5-6-15(19)16(20)12-14/h5-6,12-13H,2-4,7-11H2,1H3. The minimum absolute atomic E-state index is 0.120. The number of nitrogens with zero attached hydrogens (tertiary/aromatic N) is 1. The maximum atomic E-state index is 13.2. The number of rotatable bonds is 6. The number of unbranched alkanes of at least 4 members (excludes halogenated alkanes) is 2. The zero-order valence-electron chi connectivity index (χ0n) is 13.9. The quantitative estimate of drug-likeness (QED) is 0.588. The van der Waals surface area contributed by atoms with Crippen LogP contribution in [0.15, 0.2) is 18.2 Å². The highest BCUT2D eigenvalue weighted by Crippen LogP contribution is 2.21. The minimum atomic E-state index is -1.04. The van der Waals surface area contributed by atoms with E-state index in [1.165, 1.54) is 6.07 Å². The van der Waals surface area contributed by atoms with Crippen molar-refractivity contribution in [3.8, 4) is 0 Å². The molecule has 0 unspecified atom stereocenters. The van der Waals surface area contributed by atoms with Gasteiger partial charge in [0.25, 0.3) is 5.91 Å². The molecule has 0 aliphatic carbocycles. The summed E-state index contributed by atoms with van der Waals surface area (Å²) in [5.41, 5.74) is 0.120. The van der Waals surface area contributed by atoms with Crippen LogP contribution in [0.3, 0.4) is 0 Å². The van der Waals surface area contributed by atoms with Crippen LogP contribution in [0.4, 0.5) is 8.78 Å². The molecule has 132 valence electrons. The molecule has 1 aromatic rings. The number of carbonyl (C=O) groups is 2. The Kier molecular flexibility index (Phi) is 6.70. The van der Waals surface area contributed by atoms with Crippen molar-refractivity contribution in [2.75, 3.05) is 19.7 Å². The molecule has 1 amide bonds. The second-order valence-electron chi connectivity index (χ2n) is 6.07. The number of benzene rings is 1. The number of hydrogen-bond acceptors (Lipinski definition) is 3. The summed E-state index contributed by atoms with van der Waals surface area (Å²) in [4.78, 5) is 25.8. The van der Waals surface area contributed by atoms with Gasteiger partial charge in [0.15, 0.2) is 11.6 Å². The number of ether oxygens (including phenoxy) is 1. The average molecular weight is 339 g/mol. The van der Waals surface area contributed by atoms with Crippen LogP contribution < -0.4 is 0 Å². The van der Waals surface area contributed by atoms with Crippen molar-refractivity contribution in [1.29, 1.82) is 0 Å². The highest BCUT2D eigenvalue weighted by molar-refractivity contribution is 5.94. The molecule has 0 saturated carbocycles. The molecule has 1 heterocycles. The predicted molar refractivity (Wildman–Crippen MR) is 85.5 cm³/mol. The number of halogens is 2. The van der Waals surface area contributed by atoms with Crippen LogP contribution in [0.2, 0.25) is 0 Å². The molecule has 0 radical (unpaired) electrons. The van der Waals surface area contributed by atoms with E-state index in [4.69, 9.17) is 4.74 Å². The summed E-state index contributed by atoms with van der Waals surface area (Å²) in [6.45, 7) is 3.35. The summed E-state index contributed by atoms with van der Waals surface area (Å²) >= 11 is 0. The second kappa shape index (κ2) is 8.76. The number of piperidine rings is 1. The van der Waals surface area contributed by atoms with E-state index in [0.717, 1.165) is 31.4 Å². The zero-order chi connectivity index (χ0) is 17.5. The van der Waals surface area contributed by atoms with Gasteiger partial charge < -0.3 is 9.64 Å². The van der Waals surface area contributed by atoms with Crippen molar-refractivity contribution >= 4 is 11.9 Å². The summed E-state index contributed by atoms with van der Waals surface area (Å²) in [7, 11) is 0. The van der Waals surface area contributed by atoms with Crippen molar-refractivity contribution in [2.24, 2.45) is 5.92 Å². The number of carbonyl (C=O) groups excluding carboxylic acids is 2. The van der Waals surface area contributed by atoms with E-state index in [1.807, 2.05) is 0 Å². The molecular weight excluding hydrogens is 316 g/mol. The fourth-order valence-corrected chi connectivity index (χ4v) is 2.77. The SMILES string of the molecule is CCCCCOC(=O)C1CCN(C(=O)c2ccc(F)c(F)c2)CC1. The van der Waals surface area contributed by atoms with E-state index in [-0.39, 0.29) is 23.4 Å². The molecule has 0 spiro atoms. The largest absolute Gasteiger partial charge is 0.465 e. The lowest BCUT2D eigenvalue weighted by molar-refractivity contribution is -0.150. The average Bonchev–Trinajstić information content (AvgIpc) is 2.60. The fraction of sp³-hybridized carbons (Fsp3) is 0.556. The van der Waals surface area contributed by atoms with Crippen LogP contribution in [0, 0.1) is 17.6 Å². The normalized spacial score (nSPS) is 15.4. The second-order valence-corrected chi connectivity index (χ2v) is 6.07. The molecule has 0 aromatic heterocycles. The topological polar surface area (TPSA) is 46.6 Å². The van der Waals surface area contributed by atoms with E-state index in [0.29, 0.717) is 32.5 Å². The van der Waals surface area contributed by atoms with Crippen molar-refractivity contribution in [3.63, 3.8) is 0 Å². The third kappa shape index (κ3) is 4.76. The van der Waals surface area contributed by atoms with Crippen LogP contribution in [-0.4, -0.2) is 36.5 Å². The molecule has 0 N–H and O–H groups in total. The van der Waals surface area contributed by atoms with Gasteiger partial charge in [0.2, 0.25) is 0 Å². The predicted octanol–water partition coefficient (Wildman–Crippen LogP) is 3.55. The van der Waals surface area contributed by atoms with Gasteiger partial charge in [-0.1, -0.05) is 19.8 Å². The lowest BCUT2D eigenvalue weighted by Crippen LogP contribution is -2.40. The van der Waals surface area contributed by atoms with Crippen LogP contribution in [-0.2, 0) is 9.53 Å². The summed E-state index contributed by atoms with van der Waals surface area (Å²) in [5.74, 6) is -2.75. The number of amides is 1. The van der Waals surface area contributed by atoms with Crippen molar-refractivity contribution in [1.82, 2.24) is 4.90 Å². The highest BCUT2D eigenvalue weighted by atomic mass is 19.2.